The Hall–Kier alpha value is -1.49. The topological polar surface area (TPSA) is 21.7 Å². The van der Waals surface area contributed by atoms with Crippen molar-refractivity contribution in [2.45, 2.75) is 42.5 Å². The van der Waals surface area contributed by atoms with Crippen LogP contribution in [-0.2, 0) is 4.74 Å². The molecule has 0 aromatic heterocycles. The number of nitrogens with zero attached hydrogens (tertiary/aromatic N) is 1. The van der Waals surface area contributed by atoms with Crippen molar-refractivity contribution in [3.8, 4) is 16.9 Å². The van der Waals surface area contributed by atoms with Crippen LogP contribution in [0.2, 0.25) is 0 Å². The maximum absolute atomic E-state index is 5.74. The lowest BCUT2D eigenvalue weighted by Crippen LogP contribution is -2.43. The van der Waals surface area contributed by atoms with Gasteiger partial charge in [0.25, 0.3) is 0 Å². The van der Waals surface area contributed by atoms with Crippen molar-refractivity contribution in [3.05, 3.63) is 48.0 Å². The summed E-state index contributed by atoms with van der Waals surface area (Å²) in [5, 5.41) is 0. The first kappa shape index (κ1) is 19.8. The van der Waals surface area contributed by atoms with Gasteiger partial charge in [-0.25, -0.2) is 0 Å². The van der Waals surface area contributed by atoms with Crippen molar-refractivity contribution in [2.75, 3.05) is 39.7 Å². The highest BCUT2D eigenvalue weighted by atomic mass is 32.2. The van der Waals surface area contributed by atoms with Gasteiger partial charge in [0.2, 0.25) is 0 Å². The Labute approximate surface area is 173 Å². The number of methoxy groups -OCH3 is 1. The largest absolute Gasteiger partial charge is 0.496 e. The van der Waals surface area contributed by atoms with Crippen LogP contribution in [0.5, 0.6) is 5.75 Å². The van der Waals surface area contributed by atoms with Crippen LogP contribution in [0.25, 0.3) is 11.1 Å². The second kappa shape index (κ2) is 9.34. The fourth-order valence-corrected chi connectivity index (χ4v) is 5.05. The highest BCUT2D eigenvalue weighted by Gasteiger charge is 2.28. The van der Waals surface area contributed by atoms with Gasteiger partial charge in [-0.05, 0) is 91.9 Å². The third-order valence-electron chi connectivity index (χ3n) is 6.33. The molecule has 0 saturated carbocycles. The molecular weight excluding hydrogens is 366 g/mol. The number of rotatable bonds is 5. The molecule has 2 aromatic carbocycles. The minimum atomic E-state index is 0.580. The molecule has 28 heavy (non-hydrogen) atoms. The standard InChI is InChI=1S/C24H31NO2S/c1-26-24-8-5-20(18-3-6-22(28-2)7-4-18)17-23(24)19-9-13-25(14-10-19)21-11-15-27-16-12-21/h3-8,17,19,21H,9-16H2,1-2H3. The van der Waals surface area contributed by atoms with Crippen molar-refractivity contribution in [1.82, 2.24) is 4.90 Å². The van der Waals surface area contributed by atoms with Crippen LogP contribution in [0, 0.1) is 0 Å². The van der Waals surface area contributed by atoms with E-state index in [1.54, 1.807) is 18.9 Å². The predicted molar refractivity (Wildman–Crippen MR) is 118 cm³/mol. The van der Waals surface area contributed by atoms with E-state index in [-0.39, 0.29) is 0 Å². The molecule has 2 aliphatic rings. The molecule has 0 amide bonds. The fraction of sp³-hybridized carbons (Fsp3) is 0.500. The average molecular weight is 398 g/mol. The lowest BCUT2D eigenvalue weighted by molar-refractivity contribution is 0.0251. The second-order valence-corrected chi connectivity index (χ2v) is 8.72. The van der Waals surface area contributed by atoms with Gasteiger partial charge < -0.3 is 14.4 Å². The quantitative estimate of drug-likeness (QED) is 0.626. The smallest absolute Gasteiger partial charge is 0.122 e. The molecule has 2 heterocycles. The number of thioether (sulfide) groups is 1. The number of likely N-dealkylation sites (tertiary alicyclic amines) is 1. The molecular formula is C24H31NO2S. The SMILES string of the molecule is COc1ccc(-c2ccc(SC)cc2)cc1C1CCN(C2CCOCC2)CC1. The number of hydrogen-bond acceptors (Lipinski definition) is 4. The predicted octanol–water partition coefficient (Wildman–Crippen LogP) is 5.44. The summed E-state index contributed by atoms with van der Waals surface area (Å²) < 4.78 is 11.3. The van der Waals surface area contributed by atoms with Gasteiger partial charge in [-0.2, -0.15) is 0 Å². The van der Waals surface area contributed by atoms with Gasteiger partial charge in [-0.15, -0.1) is 11.8 Å². The van der Waals surface area contributed by atoms with E-state index in [9.17, 15) is 0 Å². The van der Waals surface area contributed by atoms with E-state index in [4.69, 9.17) is 9.47 Å². The summed E-state index contributed by atoms with van der Waals surface area (Å²) in [5.41, 5.74) is 3.94. The van der Waals surface area contributed by atoms with E-state index in [1.165, 1.54) is 60.4 Å². The van der Waals surface area contributed by atoms with E-state index in [2.05, 4.69) is 53.6 Å². The van der Waals surface area contributed by atoms with Crippen LogP contribution in [0.15, 0.2) is 47.4 Å². The van der Waals surface area contributed by atoms with Crippen LogP contribution in [-0.4, -0.2) is 50.6 Å². The summed E-state index contributed by atoms with van der Waals surface area (Å²) in [5.74, 6) is 1.62. The van der Waals surface area contributed by atoms with Crippen LogP contribution >= 0.6 is 11.8 Å². The molecule has 0 N–H and O–H groups in total. The molecule has 0 spiro atoms. The highest BCUT2D eigenvalue weighted by Crippen LogP contribution is 2.38. The first-order valence-corrected chi connectivity index (χ1v) is 11.6. The Balaban J connectivity index is 1.50. The Morgan fingerprint density at radius 2 is 1.61 bits per heavy atom. The molecule has 3 nitrogen and oxygen atoms in total. The van der Waals surface area contributed by atoms with Gasteiger partial charge in [-0.1, -0.05) is 18.2 Å². The van der Waals surface area contributed by atoms with E-state index in [0.29, 0.717) is 5.92 Å². The van der Waals surface area contributed by atoms with Gasteiger partial charge >= 0.3 is 0 Å². The first-order chi connectivity index (χ1) is 13.8. The summed E-state index contributed by atoms with van der Waals surface area (Å²) >= 11 is 1.78. The summed E-state index contributed by atoms with van der Waals surface area (Å²) in [6, 6.07) is 16.3. The molecule has 2 fully saturated rings. The van der Waals surface area contributed by atoms with Gasteiger partial charge in [0, 0.05) is 24.2 Å². The first-order valence-electron chi connectivity index (χ1n) is 10.4. The van der Waals surface area contributed by atoms with Gasteiger partial charge in [0.15, 0.2) is 0 Å². The minimum Gasteiger partial charge on any atom is -0.496 e. The maximum Gasteiger partial charge on any atom is 0.122 e. The summed E-state index contributed by atoms with van der Waals surface area (Å²) in [4.78, 5) is 3.99. The van der Waals surface area contributed by atoms with Gasteiger partial charge in [0.05, 0.1) is 7.11 Å². The Kier molecular flexibility index (Phi) is 6.61. The Morgan fingerprint density at radius 1 is 0.929 bits per heavy atom. The van der Waals surface area contributed by atoms with Crippen molar-refractivity contribution in [1.29, 1.82) is 0 Å². The lowest BCUT2D eigenvalue weighted by Gasteiger charge is -2.39. The van der Waals surface area contributed by atoms with Crippen LogP contribution in [0.1, 0.15) is 37.2 Å². The molecule has 0 unspecified atom stereocenters. The average Bonchev–Trinajstić information content (AvgIpc) is 2.79. The molecule has 4 rings (SSSR count). The molecule has 0 bridgehead atoms. The van der Waals surface area contributed by atoms with Crippen LogP contribution in [0.3, 0.4) is 0 Å². The third kappa shape index (κ3) is 4.40. The normalized spacial score (nSPS) is 19.6. The van der Waals surface area contributed by atoms with Crippen LogP contribution in [0.4, 0.5) is 0 Å². The zero-order valence-corrected chi connectivity index (χ0v) is 17.8. The second-order valence-electron chi connectivity index (χ2n) is 7.84. The number of piperidine rings is 1. The fourth-order valence-electron chi connectivity index (χ4n) is 4.64. The van der Waals surface area contributed by atoms with Gasteiger partial charge in [0.1, 0.15) is 5.75 Å². The third-order valence-corrected chi connectivity index (χ3v) is 7.07. The molecule has 0 aliphatic carbocycles. The zero-order chi connectivity index (χ0) is 19.3. The molecule has 4 heteroatoms. The molecule has 2 aliphatic heterocycles. The van der Waals surface area contributed by atoms with Crippen molar-refractivity contribution >= 4 is 11.8 Å². The highest BCUT2D eigenvalue weighted by molar-refractivity contribution is 7.98. The van der Waals surface area contributed by atoms with Crippen LogP contribution < -0.4 is 4.74 Å². The van der Waals surface area contributed by atoms with E-state index in [0.717, 1.165) is 25.0 Å². The number of benzene rings is 2. The minimum absolute atomic E-state index is 0.580. The summed E-state index contributed by atoms with van der Waals surface area (Å²) in [7, 11) is 1.79. The van der Waals surface area contributed by atoms with E-state index >= 15 is 0 Å². The number of hydrogen-bond donors (Lipinski definition) is 0. The molecule has 2 saturated heterocycles. The van der Waals surface area contributed by atoms with Crippen molar-refractivity contribution < 1.29 is 9.47 Å². The lowest BCUT2D eigenvalue weighted by atomic mass is 9.86. The Morgan fingerprint density at radius 3 is 2.25 bits per heavy atom. The summed E-state index contributed by atoms with van der Waals surface area (Å²) in [6.07, 6.45) is 6.92. The van der Waals surface area contributed by atoms with Crippen molar-refractivity contribution in [3.63, 3.8) is 0 Å². The van der Waals surface area contributed by atoms with Gasteiger partial charge in [-0.3, -0.25) is 0 Å². The molecule has 2 aromatic rings. The summed E-state index contributed by atoms with van der Waals surface area (Å²) in [6.45, 7) is 4.22. The number of ether oxygens (including phenoxy) is 2. The Bertz CT molecular complexity index is 763. The zero-order valence-electron chi connectivity index (χ0n) is 17.0. The molecule has 150 valence electrons. The molecule has 0 radical (unpaired) electrons. The molecule has 0 atom stereocenters. The van der Waals surface area contributed by atoms with E-state index in [1.807, 2.05) is 0 Å². The maximum atomic E-state index is 5.74. The monoisotopic (exact) mass is 397 g/mol. The van der Waals surface area contributed by atoms with Crippen molar-refractivity contribution in [2.24, 2.45) is 0 Å². The van der Waals surface area contributed by atoms with E-state index < -0.39 is 0 Å².